The standard InChI is InChI=1S/C20H30N4O3/c1-3-23(4-2)20(26)18-13-15(14-24(18)16-8-11-27-12-9-16)22-19(25)17-7-5-6-10-21-17/h5-7,10,15-16,18H,3-4,8-9,11-14H2,1-2H3,(H,22,25)/t15-,18+/m1/s1. The zero-order valence-electron chi connectivity index (χ0n) is 16.3. The first-order chi connectivity index (χ1) is 13.1. The van der Waals surface area contributed by atoms with Crippen molar-refractivity contribution in [2.24, 2.45) is 0 Å². The fourth-order valence-corrected chi connectivity index (χ4v) is 4.13. The lowest BCUT2D eigenvalue weighted by Crippen LogP contribution is -2.50. The fraction of sp³-hybridized carbons (Fsp3) is 0.650. The van der Waals surface area contributed by atoms with E-state index >= 15 is 0 Å². The van der Waals surface area contributed by atoms with E-state index in [-0.39, 0.29) is 23.9 Å². The van der Waals surface area contributed by atoms with Gasteiger partial charge in [0.1, 0.15) is 5.69 Å². The lowest BCUT2D eigenvalue weighted by Gasteiger charge is -2.36. The number of carbonyl (C=O) groups is 2. The van der Waals surface area contributed by atoms with Crippen LogP contribution in [0.1, 0.15) is 43.6 Å². The van der Waals surface area contributed by atoms with Crippen LogP contribution in [0.4, 0.5) is 0 Å². The van der Waals surface area contributed by atoms with Gasteiger partial charge in [0, 0.05) is 51.1 Å². The number of aromatic nitrogens is 1. The molecule has 1 N–H and O–H groups in total. The van der Waals surface area contributed by atoms with Crippen LogP contribution in [-0.2, 0) is 9.53 Å². The second kappa shape index (κ2) is 9.28. The van der Waals surface area contributed by atoms with Gasteiger partial charge in [0.25, 0.3) is 5.91 Å². The molecule has 1 aromatic heterocycles. The highest BCUT2D eigenvalue weighted by atomic mass is 16.5. The molecule has 7 heteroatoms. The van der Waals surface area contributed by atoms with Gasteiger partial charge in [-0.1, -0.05) is 6.07 Å². The molecule has 7 nitrogen and oxygen atoms in total. The molecule has 2 aliphatic rings. The first-order valence-corrected chi connectivity index (χ1v) is 9.98. The summed E-state index contributed by atoms with van der Waals surface area (Å²) in [4.78, 5) is 33.9. The first kappa shape index (κ1) is 19.8. The van der Waals surface area contributed by atoms with Crippen molar-refractivity contribution in [2.75, 3.05) is 32.8 Å². The van der Waals surface area contributed by atoms with E-state index in [1.54, 1.807) is 24.4 Å². The second-order valence-electron chi connectivity index (χ2n) is 7.19. The number of hydrogen-bond donors (Lipinski definition) is 1. The molecule has 0 radical (unpaired) electrons. The van der Waals surface area contributed by atoms with E-state index in [1.807, 2.05) is 18.7 Å². The Morgan fingerprint density at radius 2 is 2.00 bits per heavy atom. The quantitative estimate of drug-likeness (QED) is 0.812. The Hall–Kier alpha value is -1.99. The molecule has 3 rings (SSSR count). The van der Waals surface area contributed by atoms with Gasteiger partial charge in [-0.3, -0.25) is 19.5 Å². The summed E-state index contributed by atoms with van der Waals surface area (Å²) in [5.41, 5.74) is 0.411. The Kier molecular flexibility index (Phi) is 6.79. The van der Waals surface area contributed by atoms with Crippen molar-refractivity contribution in [2.45, 2.75) is 51.2 Å². The van der Waals surface area contributed by atoms with Gasteiger partial charge in [0.2, 0.25) is 5.91 Å². The smallest absolute Gasteiger partial charge is 0.270 e. The lowest BCUT2D eigenvalue weighted by molar-refractivity contribution is -0.137. The van der Waals surface area contributed by atoms with Crippen LogP contribution in [0, 0.1) is 0 Å². The van der Waals surface area contributed by atoms with Gasteiger partial charge in [0.05, 0.1) is 6.04 Å². The summed E-state index contributed by atoms with van der Waals surface area (Å²) >= 11 is 0. The highest BCUT2D eigenvalue weighted by Gasteiger charge is 2.42. The Morgan fingerprint density at radius 1 is 1.26 bits per heavy atom. The molecular formula is C20H30N4O3. The number of ether oxygens (including phenoxy) is 1. The minimum absolute atomic E-state index is 0.0492. The number of carbonyl (C=O) groups excluding carboxylic acids is 2. The molecule has 0 unspecified atom stereocenters. The second-order valence-corrected chi connectivity index (χ2v) is 7.19. The first-order valence-electron chi connectivity index (χ1n) is 9.98. The molecule has 3 heterocycles. The average Bonchev–Trinajstić information content (AvgIpc) is 3.14. The third-order valence-corrected chi connectivity index (χ3v) is 5.59. The molecule has 0 aromatic carbocycles. The van der Waals surface area contributed by atoms with Crippen LogP contribution in [0.3, 0.4) is 0 Å². The Labute approximate surface area is 161 Å². The number of nitrogens with one attached hydrogen (secondary N) is 1. The van der Waals surface area contributed by atoms with E-state index in [4.69, 9.17) is 4.74 Å². The summed E-state index contributed by atoms with van der Waals surface area (Å²) in [6.45, 7) is 7.60. The van der Waals surface area contributed by atoms with Crippen molar-refractivity contribution in [3.63, 3.8) is 0 Å². The fourth-order valence-electron chi connectivity index (χ4n) is 4.13. The summed E-state index contributed by atoms with van der Waals surface area (Å²) < 4.78 is 5.49. The molecule has 0 aliphatic carbocycles. The van der Waals surface area contributed by atoms with Crippen molar-refractivity contribution in [3.05, 3.63) is 30.1 Å². The van der Waals surface area contributed by atoms with Crippen molar-refractivity contribution < 1.29 is 14.3 Å². The van der Waals surface area contributed by atoms with E-state index in [0.717, 1.165) is 26.1 Å². The third-order valence-electron chi connectivity index (χ3n) is 5.59. The van der Waals surface area contributed by atoms with Gasteiger partial charge < -0.3 is 15.0 Å². The van der Waals surface area contributed by atoms with Crippen LogP contribution in [0.2, 0.25) is 0 Å². The van der Waals surface area contributed by atoms with E-state index in [2.05, 4.69) is 15.2 Å². The van der Waals surface area contributed by atoms with Crippen LogP contribution in [-0.4, -0.2) is 77.6 Å². The highest BCUT2D eigenvalue weighted by Crippen LogP contribution is 2.27. The van der Waals surface area contributed by atoms with E-state index in [1.165, 1.54) is 0 Å². The molecule has 27 heavy (non-hydrogen) atoms. The molecule has 0 saturated carbocycles. The molecule has 2 atom stereocenters. The molecule has 0 bridgehead atoms. The van der Waals surface area contributed by atoms with Gasteiger partial charge in [0.15, 0.2) is 0 Å². The van der Waals surface area contributed by atoms with Gasteiger partial charge in [-0.05, 0) is 45.2 Å². The topological polar surface area (TPSA) is 74.8 Å². The van der Waals surface area contributed by atoms with Crippen molar-refractivity contribution in [3.8, 4) is 0 Å². The largest absolute Gasteiger partial charge is 0.381 e. The predicted octanol–water partition coefficient (Wildman–Crippen LogP) is 1.30. The maximum atomic E-state index is 13.1. The summed E-state index contributed by atoms with van der Waals surface area (Å²) in [7, 11) is 0. The Morgan fingerprint density at radius 3 is 2.63 bits per heavy atom. The predicted molar refractivity (Wildman–Crippen MR) is 102 cm³/mol. The lowest BCUT2D eigenvalue weighted by atomic mass is 10.1. The summed E-state index contributed by atoms with van der Waals surface area (Å²) in [5.74, 6) is -0.00968. The van der Waals surface area contributed by atoms with Crippen molar-refractivity contribution in [1.29, 1.82) is 0 Å². The minimum Gasteiger partial charge on any atom is -0.381 e. The summed E-state index contributed by atoms with van der Waals surface area (Å²) in [6.07, 6.45) is 4.13. The van der Waals surface area contributed by atoms with Crippen molar-refractivity contribution >= 4 is 11.8 Å². The highest BCUT2D eigenvalue weighted by molar-refractivity contribution is 5.92. The number of likely N-dealkylation sites (tertiary alicyclic amines) is 1. The summed E-state index contributed by atoms with van der Waals surface area (Å²) in [6, 6.07) is 5.41. The number of hydrogen-bond acceptors (Lipinski definition) is 5. The third kappa shape index (κ3) is 4.65. The van der Waals surface area contributed by atoms with Crippen LogP contribution < -0.4 is 5.32 Å². The van der Waals surface area contributed by atoms with E-state index in [9.17, 15) is 9.59 Å². The molecular weight excluding hydrogens is 344 g/mol. The molecule has 1 aromatic rings. The molecule has 2 saturated heterocycles. The van der Waals surface area contributed by atoms with E-state index < -0.39 is 0 Å². The Bertz CT molecular complexity index is 629. The molecule has 2 amide bonds. The number of likely N-dealkylation sites (N-methyl/N-ethyl adjacent to an activating group) is 1. The van der Waals surface area contributed by atoms with Crippen LogP contribution in [0.5, 0.6) is 0 Å². The zero-order chi connectivity index (χ0) is 19.2. The van der Waals surface area contributed by atoms with Crippen LogP contribution >= 0.6 is 0 Å². The molecule has 148 valence electrons. The number of pyridine rings is 1. The van der Waals surface area contributed by atoms with Gasteiger partial charge in [-0.15, -0.1) is 0 Å². The monoisotopic (exact) mass is 374 g/mol. The van der Waals surface area contributed by atoms with Gasteiger partial charge in [-0.2, -0.15) is 0 Å². The van der Waals surface area contributed by atoms with Crippen molar-refractivity contribution in [1.82, 2.24) is 20.1 Å². The van der Waals surface area contributed by atoms with E-state index in [0.29, 0.717) is 37.8 Å². The molecule has 0 spiro atoms. The van der Waals surface area contributed by atoms with Crippen LogP contribution in [0.25, 0.3) is 0 Å². The van der Waals surface area contributed by atoms with Crippen LogP contribution in [0.15, 0.2) is 24.4 Å². The maximum Gasteiger partial charge on any atom is 0.270 e. The molecule has 2 fully saturated rings. The minimum atomic E-state index is -0.179. The number of amides is 2. The Balaban J connectivity index is 1.72. The normalized spacial score (nSPS) is 23.9. The number of rotatable bonds is 6. The van der Waals surface area contributed by atoms with Gasteiger partial charge >= 0.3 is 0 Å². The molecule has 2 aliphatic heterocycles. The van der Waals surface area contributed by atoms with Gasteiger partial charge in [-0.25, -0.2) is 0 Å². The average molecular weight is 374 g/mol. The maximum absolute atomic E-state index is 13.1. The number of nitrogens with zero attached hydrogens (tertiary/aromatic N) is 3. The zero-order valence-corrected chi connectivity index (χ0v) is 16.3. The SMILES string of the molecule is CCN(CC)C(=O)[C@@H]1C[C@@H](NC(=O)c2ccccn2)CN1C1CCOCC1. The summed E-state index contributed by atoms with van der Waals surface area (Å²) in [5, 5.41) is 3.08.